The van der Waals surface area contributed by atoms with Crippen LogP contribution in [0.1, 0.15) is 19.4 Å². The molecule has 21 heavy (non-hydrogen) atoms. The van der Waals surface area contributed by atoms with E-state index in [2.05, 4.69) is 20.6 Å². The molecule has 0 aliphatic carbocycles. The van der Waals surface area contributed by atoms with E-state index in [0.717, 1.165) is 18.5 Å². The van der Waals surface area contributed by atoms with Crippen molar-refractivity contribution in [3.05, 3.63) is 46.9 Å². The normalized spacial score (nSPS) is 12.0. The number of rotatable bonds is 6. The van der Waals surface area contributed by atoms with Gasteiger partial charge in [-0.2, -0.15) is 4.98 Å². The lowest BCUT2D eigenvalue weighted by Crippen LogP contribution is -2.19. The molecule has 1 atom stereocenters. The standard InChI is InChI=1S/C15H18ClFN4/c1-3-18-15-19-9-13(16)14(21-15)20-10(2)8-11-4-6-12(17)7-5-11/h4-7,9-10H,3,8H2,1-2H3,(H2,18,19,20,21). The molecule has 0 saturated carbocycles. The van der Waals surface area contributed by atoms with Crippen LogP contribution >= 0.6 is 11.6 Å². The molecule has 112 valence electrons. The van der Waals surface area contributed by atoms with Gasteiger partial charge in [0, 0.05) is 12.6 Å². The zero-order chi connectivity index (χ0) is 15.2. The van der Waals surface area contributed by atoms with Gasteiger partial charge >= 0.3 is 0 Å². The van der Waals surface area contributed by atoms with Crippen LogP contribution in [0.2, 0.25) is 5.02 Å². The van der Waals surface area contributed by atoms with Crippen LogP contribution in [0, 0.1) is 5.82 Å². The first-order valence-electron chi connectivity index (χ1n) is 6.86. The van der Waals surface area contributed by atoms with Crippen molar-refractivity contribution < 1.29 is 4.39 Å². The van der Waals surface area contributed by atoms with E-state index in [1.165, 1.54) is 12.1 Å². The minimum absolute atomic E-state index is 0.109. The fourth-order valence-corrected chi connectivity index (χ4v) is 2.12. The van der Waals surface area contributed by atoms with E-state index >= 15 is 0 Å². The van der Waals surface area contributed by atoms with Gasteiger partial charge in [-0.1, -0.05) is 23.7 Å². The number of hydrogen-bond donors (Lipinski definition) is 2. The van der Waals surface area contributed by atoms with Crippen molar-refractivity contribution >= 4 is 23.4 Å². The van der Waals surface area contributed by atoms with Crippen molar-refractivity contribution in [3.8, 4) is 0 Å². The second-order valence-corrected chi connectivity index (χ2v) is 5.20. The molecule has 0 radical (unpaired) electrons. The molecule has 2 N–H and O–H groups in total. The van der Waals surface area contributed by atoms with Crippen molar-refractivity contribution in [3.63, 3.8) is 0 Å². The lowest BCUT2D eigenvalue weighted by Gasteiger charge is -2.16. The molecule has 1 unspecified atom stereocenters. The Balaban J connectivity index is 2.03. The zero-order valence-corrected chi connectivity index (χ0v) is 12.8. The fourth-order valence-electron chi connectivity index (χ4n) is 1.97. The maximum absolute atomic E-state index is 12.9. The Morgan fingerprint density at radius 2 is 2.00 bits per heavy atom. The van der Waals surface area contributed by atoms with Gasteiger partial charge in [0.15, 0.2) is 5.82 Å². The predicted molar refractivity (Wildman–Crippen MR) is 84.4 cm³/mol. The summed E-state index contributed by atoms with van der Waals surface area (Å²) in [5.41, 5.74) is 1.05. The van der Waals surface area contributed by atoms with E-state index in [0.29, 0.717) is 16.8 Å². The second-order valence-electron chi connectivity index (χ2n) is 4.80. The number of benzene rings is 1. The van der Waals surface area contributed by atoms with Crippen LogP contribution in [-0.2, 0) is 6.42 Å². The predicted octanol–water partition coefficient (Wildman–Crippen LogP) is 3.74. The van der Waals surface area contributed by atoms with Gasteiger partial charge in [0.1, 0.15) is 10.8 Å². The summed E-state index contributed by atoms with van der Waals surface area (Å²) in [5, 5.41) is 6.77. The van der Waals surface area contributed by atoms with Gasteiger partial charge in [-0.25, -0.2) is 9.37 Å². The van der Waals surface area contributed by atoms with Gasteiger partial charge in [-0.05, 0) is 38.0 Å². The molecule has 0 fully saturated rings. The van der Waals surface area contributed by atoms with Crippen LogP contribution in [-0.4, -0.2) is 22.6 Å². The first-order valence-corrected chi connectivity index (χ1v) is 7.23. The van der Waals surface area contributed by atoms with Crippen molar-refractivity contribution in [2.75, 3.05) is 17.2 Å². The smallest absolute Gasteiger partial charge is 0.224 e. The summed E-state index contributed by atoms with van der Waals surface area (Å²) in [4.78, 5) is 8.43. The highest BCUT2D eigenvalue weighted by Crippen LogP contribution is 2.21. The molecule has 2 aromatic rings. The lowest BCUT2D eigenvalue weighted by molar-refractivity contribution is 0.626. The molecular formula is C15H18ClFN4. The van der Waals surface area contributed by atoms with Crippen LogP contribution in [0.5, 0.6) is 0 Å². The Labute approximate surface area is 128 Å². The quantitative estimate of drug-likeness (QED) is 0.853. The summed E-state index contributed by atoms with van der Waals surface area (Å²) < 4.78 is 12.9. The molecule has 6 heteroatoms. The van der Waals surface area contributed by atoms with Crippen LogP contribution in [0.4, 0.5) is 16.2 Å². The number of anilines is 2. The summed E-state index contributed by atoms with van der Waals surface area (Å²) in [5.74, 6) is 0.907. The Hall–Kier alpha value is -1.88. The van der Waals surface area contributed by atoms with Gasteiger partial charge < -0.3 is 10.6 Å². The number of hydrogen-bond acceptors (Lipinski definition) is 4. The molecule has 0 saturated heterocycles. The summed E-state index contributed by atoms with van der Waals surface area (Å²) in [6.07, 6.45) is 2.32. The van der Waals surface area contributed by atoms with Crippen molar-refractivity contribution in [1.82, 2.24) is 9.97 Å². The van der Waals surface area contributed by atoms with Gasteiger partial charge in [-0.15, -0.1) is 0 Å². The number of halogens is 2. The van der Waals surface area contributed by atoms with E-state index in [9.17, 15) is 4.39 Å². The van der Waals surface area contributed by atoms with Crippen molar-refractivity contribution in [2.45, 2.75) is 26.3 Å². The highest BCUT2D eigenvalue weighted by atomic mass is 35.5. The fraction of sp³-hybridized carbons (Fsp3) is 0.333. The summed E-state index contributed by atoms with van der Waals surface area (Å²) in [7, 11) is 0. The zero-order valence-electron chi connectivity index (χ0n) is 12.0. The number of nitrogens with one attached hydrogen (secondary N) is 2. The Morgan fingerprint density at radius 3 is 2.67 bits per heavy atom. The van der Waals surface area contributed by atoms with E-state index in [4.69, 9.17) is 11.6 Å². The van der Waals surface area contributed by atoms with Crippen molar-refractivity contribution in [1.29, 1.82) is 0 Å². The molecule has 2 rings (SSSR count). The van der Waals surface area contributed by atoms with Gasteiger partial charge in [0.25, 0.3) is 0 Å². The SMILES string of the molecule is CCNc1ncc(Cl)c(NC(C)Cc2ccc(F)cc2)n1. The third-order valence-corrected chi connectivity index (χ3v) is 3.19. The van der Waals surface area contributed by atoms with Crippen LogP contribution in [0.25, 0.3) is 0 Å². The second kappa shape index (κ2) is 7.22. The van der Waals surface area contributed by atoms with Gasteiger partial charge in [-0.3, -0.25) is 0 Å². The molecule has 0 aliphatic heterocycles. The molecule has 1 aromatic heterocycles. The van der Waals surface area contributed by atoms with E-state index in [1.807, 2.05) is 13.8 Å². The Morgan fingerprint density at radius 1 is 1.29 bits per heavy atom. The van der Waals surface area contributed by atoms with Gasteiger partial charge in [0.2, 0.25) is 5.95 Å². The highest BCUT2D eigenvalue weighted by Gasteiger charge is 2.09. The molecule has 0 aliphatic rings. The largest absolute Gasteiger partial charge is 0.366 e. The highest BCUT2D eigenvalue weighted by molar-refractivity contribution is 6.32. The monoisotopic (exact) mass is 308 g/mol. The van der Waals surface area contributed by atoms with Crippen LogP contribution in [0.15, 0.2) is 30.5 Å². The summed E-state index contributed by atoms with van der Waals surface area (Å²) in [6.45, 7) is 4.74. The van der Waals surface area contributed by atoms with E-state index < -0.39 is 0 Å². The maximum atomic E-state index is 12.9. The maximum Gasteiger partial charge on any atom is 0.224 e. The molecular weight excluding hydrogens is 291 g/mol. The minimum atomic E-state index is -0.228. The van der Waals surface area contributed by atoms with Crippen LogP contribution in [0.3, 0.4) is 0 Å². The first kappa shape index (κ1) is 15.5. The molecule has 0 amide bonds. The third-order valence-electron chi connectivity index (χ3n) is 2.92. The number of nitrogens with zero attached hydrogens (tertiary/aromatic N) is 2. The van der Waals surface area contributed by atoms with E-state index in [1.54, 1.807) is 18.3 Å². The minimum Gasteiger partial charge on any atom is -0.366 e. The molecule has 4 nitrogen and oxygen atoms in total. The average molecular weight is 309 g/mol. The van der Waals surface area contributed by atoms with Gasteiger partial charge in [0.05, 0.1) is 6.20 Å². The molecule has 1 heterocycles. The first-order chi connectivity index (χ1) is 10.1. The summed E-state index contributed by atoms with van der Waals surface area (Å²) >= 11 is 6.10. The van der Waals surface area contributed by atoms with E-state index in [-0.39, 0.29) is 11.9 Å². The molecule has 0 spiro atoms. The Kier molecular flexibility index (Phi) is 5.33. The summed E-state index contributed by atoms with van der Waals surface area (Å²) in [6, 6.07) is 6.59. The van der Waals surface area contributed by atoms with Crippen LogP contribution < -0.4 is 10.6 Å². The Bertz CT molecular complexity index is 589. The average Bonchev–Trinajstić information content (AvgIpc) is 2.45. The third kappa shape index (κ3) is 4.56. The molecule has 0 bridgehead atoms. The lowest BCUT2D eigenvalue weighted by atomic mass is 10.1. The molecule has 1 aromatic carbocycles. The number of aromatic nitrogens is 2. The topological polar surface area (TPSA) is 49.8 Å². The van der Waals surface area contributed by atoms with Crippen molar-refractivity contribution in [2.24, 2.45) is 0 Å².